The third-order valence-electron chi connectivity index (χ3n) is 2.52. The van der Waals surface area contributed by atoms with Gasteiger partial charge in [-0.15, -0.1) is 0 Å². The normalized spacial score (nSPS) is 11.8. The van der Waals surface area contributed by atoms with Crippen LogP contribution in [0.2, 0.25) is 0 Å². The molecule has 1 rings (SSSR count). The van der Waals surface area contributed by atoms with Crippen molar-refractivity contribution < 1.29 is 13.2 Å². The Bertz CT molecular complexity index is 457. The third-order valence-corrected chi connectivity index (χ3v) is 4.53. The van der Waals surface area contributed by atoms with E-state index in [1.165, 1.54) is 4.31 Å². The van der Waals surface area contributed by atoms with Gasteiger partial charge < -0.3 is 4.74 Å². The number of ether oxygens (including phenoxy) is 1. The number of nitrogens with zero attached hydrogens (tertiary/aromatic N) is 1. The molecule has 0 fully saturated rings. The van der Waals surface area contributed by atoms with Gasteiger partial charge in [0.1, 0.15) is 5.75 Å². The fraction of sp³-hybridized carbons (Fsp3) is 0.500. The molecule has 0 bridgehead atoms. The summed E-state index contributed by atoms with van der Waals surface area (Å²) in [4.78, 5) is 0. The van der Waals surface area contributed by atoms with Crippen LogP contribution in [0.4, 0.5) is 0 Å². The molecule has 0 aliphatic carbocycles. The zero-order valence-electron chi connectivity index (χ0n) is 10.5. The first-order chi connectivity index (χ1) is 8.01. The predicted molar refractivity (Wildman–Crippen MR) is 68.5 cm³/mol. The van der Waals surface area contributed by atoms with Crippen LogP contribution in [0.5, 0.6) is 5.75 Å². The van der Waals surface area contributed by atoms with Crippen LogP contribution < -0.4 is 4.74 Å². The Hall–Kier alpha value is -1.07. The fourth-order valence-electron chi connectivity index (χ4n) is 1.59. The van der Waals surface area contributed by atoms with Crippen LogP contribution in [0.3, 0.4) is 0 Å². The SMILES string of the molecule is CCCS(=O)(=O)N(C)Cc1ccccc1OC. The van der Waals surface area contributed by atoms with Gasteiger partial charge in [-0.3, -0.25) is 0 Å². The van der Waals surface area contributed by atoms with Gasteiger partial charge >= 0.3 is 0 Å². The van der Waals surface area contributed by atoms with E-state index in [0.717, 1.165) is 5.56 Å². The number of para-hydroxylation sites is 1. The zero-order chi connectivity index (χ0) is 12.9. The minimum absolute atomic E-state index is 0.179. The van der Waals surface area contributed by atoms with Crippen LogP contribution in [0.15, 0.2) is 24.3 Å². The average molecular weight is 257 g/mol. The second-order valence-electron chi connectivity index (χ2n) is 3.88. The summed E-state index contributed by atoms with van der Waals surface area (Å²) in [6.07, 6.45) is 0.624. The Morgan fingerprint density at radius 1 is 1.29 bits per heavy atom. The zero-order valence-corrected chi connectivity index (χ0v) is 11.3. The van der Waals surface area contributed by atoms with Crippen molar-refractivity contribution in [3.8, 4) is 5.75 Å². The second-order valence-corrected chi connectivity index (χ2v) is 6.08. The molecule has 5 heteroatoms. The van der Waals surface area contributed by atoms with E-state index in [1.54, 1.807) is 14.2 Å². The molecule has 1 aromatic rings. The maximum atomic E-state index is 11.8. The first-order valence-corrected chi connectivity index (χ1v) is 7.18. The van der Waals surface area contributed by atoms with Crippen molar-refractivity contribution in [2.75, 3.05) is 19.9 Å². The molecule has 0 aromatic heterocycles. The molecular formula is C12H19NO3S. The van der Waals surface area contributed by atoms with Crippen LogP contribution in [0, 0.1) is 0 Å². The number of rotatable bonds is 6. The van der Waals surface area contributed by atoms with Gasteiger partial charge in [-0.25, -0.2) is 12.7 Å². The van der Waals surface area contributed by atoms with Gasteiger partial charge in [0, 0.05) is 19.2 Å². The van der Waals surface area contributed by atoms with Crippen molar-refractivity contribution >= 4 is 10.0 Å². The number of benzene rings is 1. The van der Waals surface area contributed by atoms with Crippen LogP contribution in [-0.2, 0) is 16.6 Å². The predicted octanol–water partition coefficient (Wildman–Crippen LogP) is 1.87. The summed E-state index contributed by atoms with van der Waals surface area (Å²) in [5.41, 5.74) is 0.872. The molecule has 0 amide bonds. The van der Waals surface area contributed by atoms with Crippen LogP contribution in [0.25, 0.3) is 0 Å². The van der Waals surface area contributed by atoms with E-state index in [1.807, 2.05) is 31.2 Å². The second kappa shape index (κ2) is 6.02. The van der Waals surface area contributed by atoms with E-state index < -0.39 is 10.0 Å². The molecule has 0 heterocycles. The Balaban J connectivity index is 2.84. The van der Waals surface area contributed by atoms with Crippen molar-refractivity contribution in [3.63, 3.8) is 0 Å². The van der Waals surface area contributed by atoms with E-state index in [-0.39, 0.29) is 5.75 Å². The van der Waals surface area contributed by atoms with Gasteiger partial charge in [0.2, 0.25) is 10.0 Å². The Morgan fingerprint density at radius 3 is 2.53 bits per heavy atom. The molecule has 4 nitrogen and oxygen atoms in total. The lowest BCUT2D eigenvalue weighted by molar-refractivity contribution is 0.398. The van der Waals surface area contributed by atoms with E-state index in [4.69, 9.17) is 4.74 Å². The summed E-state index contributed by atoms with van der Waals surface area (Å²) < 4.78 is 30.2. The molecule has 0 saturated heterocycles. The largest absolute Gasteiger partial charge is 0.496 e. The van der Waals surface area contributed by atoms with E-state index in [2.05, 4.69) is 0 Å². The number of sulfonamides is 1. The van der Waals surface area contributed by atoms with Crippen molar-refractivity contribution in [1.29, 1.82) is 0 Å². The Labute approximate surface area is 103 Å². The van der Waals surface area contributed by atoms with Gasteiger partial charge in [-0.1, -0.05) is 25.1 Å². The molecule has 0 radical (unpaired) electrons. The van der Waals surface area contributed by atoms with Crippen molar-refractivity contribution in [3.05, 3.63) is 29.8 Å². The standard InChI is InChI=1S/C12H19NO3S/c1-4-9-17(14,15)13(2)10-11-7-5-6-8-12(11)16-3/h5-8H,4,9-10H2,1-3H3. The van der Waals surface area contributed by atoms with Gasteiger partial charge in [0.05, 0.1) is 12.9 Å². The first kappa shape index (κ1) is 14.0. The summed E-state index contributed by atoms with van der Waals surface area (Å²) in [5, 5.41) is 0. The Morgan fingerprint density at radius 2 is 1.94 bits per heavy atom. The maximum absolute atomic E-state index is 11.8. The molecule has 0 saturated carbocycles. The van der Waals surface area contributed by atoms with Gasteiger partial charge in [-0.2, -0.15) is 0 Å². The van der Waals surface area contributed by atoms with Crippen LogP contribution in [-0.4, -0.2) is 32.6 Å². The highest BCUT2D eigenvalue weighted by Crippen LogP contribution is 2.19. The lowest BCUT2D eigenvalue weighted by Crippen LogP contribution is -2.28. The summed E-state index contributed by atoms with van der Waals surface area (Å²) in [5.74, 6) is 0.893. The minimum Gasteiger partial charge on any atom is -0.496 e. The molecule has 0 N–H and O–H groups in total. The van der Waals surface area contributed by atoms with E-state index >= 15 is 0 Å². The summed E-state index contributed by atoms with van der Waals surface area (Å²) >= 11 is 0. The lowest BCUT2D eigenvalue weighted by atomic mass is 10.2. The van der Waals surface area contributed by atoms with E-state index in [0.29, 0.717) is 18.7 Å². The van der Waals surface area contributed by atoms with Crippen molar-refractivity contribution in [2.45, 2.75) is 19.9 Å². The summed E-state index contributed by atoms with van der Waals surface area (Å²) in [6, 6.07) is 7.44. The van der Waals surface area contributed by atoms with Crippen LogP contribution in [0.1, 0.15) is 18.9 Å². The van der Waals surface area contributed by atoms with Gasteiger partial charge in [0.15, 0.2) is 0 Å². The Kier molecular flexibility index (Phi) is 4.96. The number of methoxy groups -OCH3 is 1. The molecule has 0 aliphatic heterocycles. The smallest absolute Gasteiger partial charge is 0.214 e. The topological polar surface area (TPSA) is 46.6 Å². The summed E-state index contributed by atoms with van der Waals surface area (Å²) in [7, 11) is 0.0216. The fourth-order valence-corrected chi connectivity index (χ4v) is 2.75. The number of hydrogen-bond acceptors (Lipinski definition) is 3. The summed E-state index contributed by atoms with van der Waals surface area (Å²) in [6.45, 7) is 2.20. The molecule has 0 spiro atoms. The molecule has 17 heavy (non-hydrogen) atoms. The highest BCUT2D eigenvalue weighted by molar-refractivity contribution is 7.89. The highest BCUT2D eigenvalue weighted by Gasteiger charge is 2.17. The molecule has 0 atom stereocenters. The molecule has 0 aliphatic rings. The molecule has 1 aromatic carbocycles. The first-order valence-electron chi connectivity index (χ1n) is 5.57. The van der Waals surface area contributed by atoms with Crippen molar-refractivity contribution in [1.82, 2.24) is 4.31 Å². The monoisotopic (exact) mass is 257 g/mol. The van der Waals surface area contributed by atoms with E-state index in [9.17, 15) is 8.42 Å². The maximum Gasteiger partial charge on any atom is 0.214 e. The van der Waals surface area contributed by atoms with Crippen LogP contribution >= 0.6 is 0 Å². The number of hydrogen-bond donors (Lipinski definition) is 0. The molecular weight excluding hydrogens is 238 g/mol. The van der Waals surface area contributed by atoms with Gasteiger partial charge in [0.25, 0.3) is 0 Å². The average Bonchev–Trinajstić information content (AvgIpc) is 2.29. The van der Waals surface area contributed by atoms with Gasteiger partial charge in [-0.05, 0) is 12.5 Å². The molecule has 0 unspecified atom stereocenters. The lowest BCUT2D eigenvalue weighted by Gasteiger charge is -2.18. The highest BCUT2D eigenvalue weighted by atomic mass is 32.2. The quantitative estimate of drug-likeness (QED) is 0.781. The van der Waals surface area contributed by atoms with Crippen molar-refractivity contribution in [2.24, 2.45) is 0 Å². The molecule has 96 valence electrons. The minimum atomic E-state index is -3.16. The third kappa shape index (κ3) is 3.71.